The smallest absolute Gasteiger partial charge is 0.179 e. The fourth-order valence-electron chi connectivity index (χ4n) is 5.37. The number of H-pyrrole nitrogens is 1. The molecule has 1 aliphatic rings. The minimum Gasteiger partial charge on any atom is -0.321 e. The Kier molecular flexibility index (Phi) is 5.01. The van der Waals surface area contributed by atoms with E-state index in [1.54, 1.807) is 0 Å². The Hall–Kier alpha value is -4.46. The minimum absolute atomic E-state index is 0.418. The van der Waals surface area contributed by atoms with Crippen LogP contribution in [0.5, 0.6) is 0 Å². The molecule has 2 aromatic carbocycles. The van der Waals surface area contributed by atoms with Crippen molar-refractivity contribution in [3.8, 4) is 33.9 Å². The first-order chi connectivity index (χ1) is 17.8. The van der Waals surface area contributed by atoms with Crippen LogP contribution in [0.15, 0.2) is 73.1 Å². The predicted molar refractivity (Wildman–Crippen MR) is 139 cm³/mol. The Labute approximate surface area is 207 Å². The van der Waals surface area contributed by atoms with Gasteiger partial charge in [0.1, 0.15) is 5.82 Å². The van der Waals surface area contributed by atoms with E-state index < -0.39 is 0 Å². The molecule has 1 aliphatic carbocycles. The number of rotatable bonds is 4. The van der Waals surface area contributed by atoms with Crippen molar-refractivity contribution < 1.29 is 0 Å². The standard InChI is InChI=1S/C28H24N8/c1-3-7-18(8-4-1)21-13-20-14-22(17-30-26(20)29-16-21)28-31-24-15-19(27-32-34-35-33-27)11-12-25(24)36(28)23-9-5-2-6-10-23/h1,3-4,7-8,11-17,23H,2,5-6,9-10H2,(H,32,33,34,35). The molecule has 0 aliphatic heterocycles. The molecule has 1 saturated carbocycles. The fourth-order valence-corrected chi connectivity index (χ4v) is 5.37. The number of aromatic nitrogens is 8. The molecule has 0 radical (unpaired) electrons. The number of aromatic amines is 1. The number of nitrogens with zero attached hydrogens (tertiary/aromatic N) is 7. The Morgan fingerprint density at radius 3 is 2.39 bits per heavy atom. The maximum absolute atomic E-state index is 5.14. The van der Waals surface area contributed by atoms with Gasteiger partial charge in [0, 0.05) is 40.5 Å². The van der Waals surface area contributed by atoms with Crippen LogP contribution in [0.2, 0.25) is 0 Å². The van der Waals surface area contributed by atoms with Crippen LogP contribution in [0, 0.1) is 0 Å². The van der Waals surface area contributed by atoms with Gasteiger partial charge in [-0.3, -0.25) is 0 Å². The van der Waals surface area contributed by atoms with Crippen molar-refractivity contribution in [2.24, 2.45) is 0 Å². The van der Waals surface area contributed by atoms with Crippen LogP contribution in [-0.4, -0.2) is 40.1 Å². The number of benzene rings is 2. The zero-order valence-corrected chi connectivity index (χ0v) is 19.7. The number of imidazole rings is 1. The molecule has 0 amide bonds. The van der Waals surface area contributed by atoms with E-state index in [0.717, 1.165) is 63.0 Å². The third-order valence-corrected chi connectivity index (χ3v) is 7.15. The second-order valence-corrected chi connectivity index (χ2v) is 9.41. The quantitative estimate of drug-likeness (QED) is 0.338. The number of fused-ring (bicyclic) bond motifs is 2. The highest BCUT2D eigenvalue weighted by molar-refractivity contribution is 5.88. The van der Waals surface area contributed by atoms with Crippen molar-refractivity contribution >= 4 is 22.1 Å². The summed E-state index contributed by atoms with van der Waals surface area (Å²) in [5.41, 5.74) is 6.93. The Balaban J connectivity index is 1.39. The van der Waals surface area contributed by atoms with Crippen molar-refractivity contribution in [3.05, 3.63) is 73.1 Å². The van der Waals surface area contributed by atoms with Crippen LogP contribution >= 0.6 is 0 Å². The molecule has 0 unspecified atom stereocenters. The molecule has 0 bridgehead atoms. The molecule has 8 heteroatoms. The van der Waals surface area contributed by atoms with Gasteiger partial charge in [-0.25, -0.2) is 20.1 Å². The SMILES string of the molecule is c1ccc(-c2cnc3ncc(-c4nc5cc(-c6nnn[nH]6)ccc5n4C4CCCCC4)cc3c2)cc1. The van der Waals surface area contributed by atoms with Crippen molar-refractivity contribution in [2.45, 2.75) is 38.1 Å². The lowest BCUT2D eigenvalue weighted by Crippen LogP contribution is -2.14. The van der Waals surface area contributed by atoms with E-state index in [4.69, 9.17) is 9.97 Å². The van der Waals surface area contributed by atoms with Crippen LogP contribution in [0.3, 0.4) is 0 Å². The summed E-state index contributed by atoms with van der Waals surface area (Å²) < 4.78 is 2.42. The molecule has 8 nitrogen and oxygen atoms in total. The fraction of sp³-hybridized carbons (Fsp3) is 0.214. The van der Waals surface area contributed by atoms with E-state index in [0.29, 0.717) is 11.9 Å². The van der Waals surface area contributed by atoms with Gasteiger partial charge in [0.15, 0.2) is 11.5 Å². The van der Waals surface area contributed by atoms with Crippen LogP contribution < -0.4 is 0 Å². The van der Waals surface area contributed by atoms with E-state index in [9.17, 15) is 0 Å². The Bertz CT molecular complexity index is 1670. The molecule has 0 saturated heterocycles. The largest absolute Gasteiger partial charge is 0.321 e. The minimum atomic E-state index is 0.418. The monoisotopic (exact) mass is 472 g/mol. The summed E-state index contributed by atoms with van der Waals surface area (Å²) in [4.78, 5) is 14.5. The molecule has 4 aromatic heterocycles. The first-order valence-corrected chi connectivity index (χ1v) is 12.4. The maximum atomic E-state index is 5.14. The Morgan fingerprint density at radius 1 is 0.778 bits per heavy atom. The van der Waals surface area contributed by atoms with Gasteiger partial charge in [-0.15, -0.1) is 5.10 Å². The summed E-state index contributed by atoms with van der Waals surface area (Å²) in [7, 11) is 0. The number of tetrazole rings is 1. The van der Waals surface area contributed by atoms with Gasteiger partial charge in [0.25, 0.3) is 0 Å². The third kappa shape index (κ3) is 3.62. The van der Waals surface area contributed by atoms with Crippen LogP contribution in [0.1, 0.15) is 38.1 Å². The summed E-state index contributed by atoms with van der Waals surface area (Å²) in [6.07, 6.45) is 9.89. The first kappa shape index (κ1) is 20.9. The van der Waals surface area contributed by atoms with E-state index in [1.807, 2.05) is 30.6 Å². The van der Waals surface area contributed by atoms with Crippen molar-refractivity contribution in [2.75, 3.05) is 0 Å². The lowest BCUT2D eigenvalue weighted by Gasteiger charge is -2.25. The van der Waals surface area contributed by atoms with Gasteiger partial charge >= 0.3 is 0 Å². The molecule has 6 aromatic rings. The van der Waals surface area contributed by atoms with Crippen molar-refractivity contribution in [1.82, 2.24) is 40.1 Å². The summed E-state index contributed by atoms with van der Waals surface area (Å²) >= 11 is 0. The summed E-state index contributed by atoms with van der Waals surface area (Å²) in [6.45, 7) is 0. The zero-order chi connectivity index (χ0) is 23.9. The second-order valence-electron chi connectivity index (χ2n) is 9.41. The van der Waals surface area contributed by atoms with Gasteiger partial charge in [-0.05, 0) is 59.2 Å². The molecule has 1 N–H and O–H groups in total. The van der Waals surface area contributed by atoms with Crippen LogP contribution in [-0.2, 0) is 0 Å². The first-order valence-electron chi connectivity index (χ1n) is 12.4. The van der Waals surface area contributed by atoms with E-state index >= 15 is 0 Å². The molecule has 1 fully saturated rings. The number of pyridine rings is 2. The molecular formula is C28H24N8. The lowest BCUT2D eigenvalue weighted by molar-refractivity contribution is 0.362. The van der Waals surface area contributed by atoms with Crippen LogP contribution in [0.25, 0.3) is 56.0 Å². The number of hydrogen-bond donors (Lipinski definition) is 1. The predicted octanol–water partition coefficient (Wildman–Crippen LogP) is 6.00. The third-order valence-electron chi connectivity index (χ3n) is 7.15. The average Bonchev–Trinajstić information content (AvgIpc) is 3.62. The number of nitrogens with one attached hydrogen (secondary N) is 1. The molecule has 0 atom stereocenters. The summed E-state index contributed by atoms with van der Waals surface area (Å²) in [5, 5.41) is 15.4. The highest BCUT2D eigenvalue weighted by Gasteiger charge is 2.23. The highest BCUT2D eigenvalue weighted by atomic mass is 15.5. The van der Waals surface area contributed by atoms with E-state index in [1.165, 1.54) is 19.3 Å². The highest BCUT2D eigenvalue weighted by Crippen LogP contribution is 2.37. The van der Waals surface area contributed by atoms with Crippen molar-refractivity contribution in [1.29, 1.82) is 0 Å². The normalized spacial score (nSPS) is 14.6. The zero-order valence-electron chi connectivity index (χ0n) is 19.7. The maximum Gasteiger partial charge on any atom is 0.179 e. The molecular weight excluding hydrogens is 448 g/mol. The van der Waals surface area contributed by atoms with Gasteiger partial charge < -0.3 is 4.57 Å². The molecule has 36 heavy (non-hydrogen) atoms. The van der Waals surface area contributed by atoms with E-state index in [2.05, 4.69) is 72.6 Å². The van der Waals surface area contributed by atoms with Crippen molar-refractivity contribution in [3.63, 3.8) is 0 Å². The Morgan fingerprint density at radius 2 is 1.58 bits per heavy atom. The number of hydrogen-bond acceptors (Lipinski definition) is 6. The lowest BCUT2D eigenvalue weighted by atomic mass is 9.95. The van der Waals surface area contributed by atoms with Gasteiger partial charge in [-0.1, -0.05) is 49.6 Å². The van der Waals surface area contributed by atoms with Crippen LogP contribution in [0.4, 0.5) is 0 Å². The molecule has 176 valence electrons. The van der Waals surface area contributed by atoms with E-state index in [-0.39, 0.29) is 0 Å². The summed E-state index contributed by atoms with van der Waals surface area (Å²) in [5.74, 6) is 1.59. The average molecular weight is 473 g/mol. The summed E-state index contributed by atoms with van der Waals surface area (Å²) in [6, 6.07) is 21.3. The molecule has 7 rings (SSSR count). The second kappa shape index (κ2) is 8.64. The van der Waals surface area contributed by atoms with Gasteiger partial charge in [0.2, 0.25) is 0 Å². The topological polar surface area (TPSA) is 98.1 Å². The molecule has 4 heterocycles. The molecule has 0 spiro atoms. The van der Waals surface area contributed by atoms with Gasteiger partial charge in [-0.2, -0.15) is 0 Å². The van der Waals surface area contributed by atoms with Gasteiger partial charge in [0.05, 0.1) is 11.0 Å².